The average molecular weight is 276 g/mol. The molecule has 1 heterocycles. The van der Waals surface area contributed by atoms with Crippen molar-refractivity contribution >= 4 is 11.9 Å². The second-order valence-corrected chi connectivity index (χ2v) is 4.19. The van der Waals surface area contributed by atoms with E-state index in [1.54, 1.807) is 19.2 Å². The van der Waals surface area contributed by atoms with Gasteiger partial charge in [0, 0.05) is 24.9 Å². The molecule has 0 saturated heterocycles. The van der Waals surface area contributed by atoms with Crippen molar-refractivity contribution in [3.05, 3.63) is 42.7 Å². The Morgan fingerprint density at radius 1 is 1.45 bits per heavy atom. The zero-order valence-electron chi connectivity index (χ0n) is 11.7. The summed E-state index contributed by atoms with van der Waals surface area (Å²) in [6.07, 6.45) is 4.15. The minimum atomic E-state index is -0.402. The molecule has 1 aromatic rings. The van der Waals surface area contributed by atoms with Crippen LogP contribution >= 0.6 is 0 Å². The number of esters is 1. The Balaban J connectivity index is 2.51. The first-order chi connectivity index (χ1) is 9.67. The number of pyridine rings is 1. The third kappa shape index (κ3) is 5.65. The van der Waals surface area contributed by atoms with Crippen LogP contribution in [-0.4, -0.2) is 41.5 Å². The van der Waals surface area contributed by atoms with Gasteiger partial charge in [0.15, 0.2) is 0 Å². The zero-order chi connectivity index (χ0) is 14.8. The molecule has 0 aromatic carbocycles. The summed E-state index contributed by atoms with van der Waals surface area (Å²) in [7, 11) is 0. The van der Waals surface area contributed by atoms with E-state index in [9.17, 15) is 9.59 Å². The smallest absolute Gasteiger partial charge is 0.325 e. The van der Waals surface area contributed by atoms with Gasteiger partial charge in [-0.25, -0.2) is 0 Å². The number of hydrogen-bond donors (Lipinski definition) is 0. The van der Waals surface area contributed by atoms with Gasteiger partial charge in [-0.15, -0.1) is 6.58 Å². The maximum Gasteiger partial charge on any atom is 0.325 e. The highest BCUT2D eigenvalue weighted by Crippen LogP contribution is 2.03. The number of hydrogen-bond acceptors (Lipinski definition) is 4. The van der Waals surface area contributed by atoms with E-state index < -0.39 is 5.97 Å². The molecule has 0 radical (unpaired) electrons. The fourth-order valence-corrected chi connectivity index (χ4v) is 1.71. The average Bonchev–Trinajstić information content (AvgIpc) is 2.45. The van der Waals surface area contributed by atoms with Crippen molar-refractivity contribution in [1.29, 1.82) is 0 Å². The highest BCUT2D eigenvalue weighted by Gasteiger charge is 2.16. The molecule has 5 nitrogen and oxygen atoms in total. The van der Waals surface area contributed by atoms with Gasteiger partial charge in [0.1, 0.15) is 6.54 Å². The van der Waals surface area contributed by atoms with Gasteiger partial charge in [-0.3, -0.25) is 14.6 Å². The minimum absolute atomic E-state index is 0.0408. The molecular formula is C15H20N2O3. The summed E-state index contributed by atoms with van der Waals surface area (Å²) in [5, 5.41) is 0. The first-order valence-corrected chi connectivity index (χ1v) is 6.61. The maximum absolute atomic E-state index is 12.1. The minimum Gasteiger partial charge on any atom is -0.465 e. The van der Waals surface area contributed by atoms with E-state index in [1.165, 1.54) is 4.90 Å². The molecule has 0 aliphatic rings. The van der Waals surface area contributed by atoms with Crippen LogP contribution in [0.5, 0.6) is 0 Å². The van der Waals surface area contributed by atoms with E-state index in [-0.39, 0.29) is 12.5 Å². The molecule has 0 bridgehead atoms. The maximum atomic E-state index is 12.1. The van der Waals surface area contributed by atoms with Crippen LogP contribution < -0.4 is 0 Å². The molecule has 1 aromatic heterocycles. The van der Waals surface area contributed by atoms with Crippen LogP contribution in [0.15, 0.2) is 37.1 Å². The lowest BCUT2D eigenvalue weighted by atomic mass is 10.2. The van der Waals surface area contributed by atoms with Gasteiger partial charge in [-0.2, -0.15) is 0 Å². The monoisotopic (exact) mass is 276 g/mol. The third-order valence-corrected chi connectivity index (χ3v) is 2.65. The molecule has 0 atom stereocenters. The number of carbonyl (C=O) groups excluding carboxylic acids is 2. The molecule has 0 spiro atoms. The van der Waals surface area contributed by atoms with Crippen molar-refractivity contribution in [2.24, 2.45) is 0 Å². The summed E-state index contributed by atoms with van der Waals surface area (Å²) in [4.78, 5) is 29.1. The lowest BCUT2D eigenvalue weighted by molar-refractivity contribution is -0.148. The fourth-order valence-electron chi connectivity index (χ4n) is 1.71. The highest BCUT2D eigenvalue weighted by molar-refractivity contribution is 5.82. The summed E-state index contributed by atoms with van der Waals surface area (Å²) >= 11 is 0. The number of aryl methyl sites for hydroxylation is 1. The van der Waals surface area contributed by atoms with Crippen molar-refractivity contribution in [3.63, 3.8) is 0 Å². The highest BCUT2D eigenvalue weighted by atomic mass is 16.5. The Morgan fingerprint density at radius 3 is 2.85 bits per heavy atom. The van der Waals surface area contributed by atoms with E-state index in [4.69, 9.17) is 4.74 Å². The van der Waals surface area contributed by atoms with Crippen LogP contribution in [0.3, 0.4) is 0 Å². The quantitative estimate of drug-likeness (QED) is 0.534. The second kappa shape index (κ2) is 8.85. The Morgan fingerprint density at radius 2 is 2.25 bits per heavy atom. The van der Waals surface area contributed by atoms with Gasteiger partial charge in [0.25, 0.3) is 0 Å². The van der Waals surface area contributed by atoms with Crippen LogP contribution in [-0.2, 0) is 20.7 Å². The Labute approximate surface area is 119 Å². The van der Waals surface area contributed by atoms with Crippen molar-refractivity contribution in [3.8, 4) is 0 Å². The van der Waals surface area contributed by atoms with E-state index in [2.05, 4.69) is 11.6 Å². The molecule has 1 amide bonds. The molecule has 0 N–H and O–H groups in total. The van der Waals surface area contributed by atoms with Crippen LogP contribution in [0.25, 0.3) is 0 Å². The van der Waals surface area contributed by atoms with Crippen molar-refractivity contribution in [2.75, 3.05) is 19.7 Å². The Hall–Kier alpha value is -2.17. The summed E-state index contributed by atoms with van der Waals surface area (Å²) in [6.45, 7) is 5.93. The number of nitrogens with zero attached hydrogens (tertiary/aromatic N) is 2. The number of ether oxygens (including phenoxy) is 1. The second-order valence-electron chi connectivity index (χ2n) is 4.19. The van der Waals surface area contributed by atoms with Crippen molar-refractivity contribution < 1.29 is 14.3 Å². The SMILES string of the molecule is C=CCN(CC(=O)OCC)C(=O)CCc1ccccn1. The molecule has 0 unspecified atom stereocenters. The van der Waals surface area contributed by atoms with E-state index >= 15 is 0 Å². The summed E-state index contributed by atoms with van der Waals surface area (Å²) in [6, 6.07) is 5.58. The Bertz CT molecular complexity index is 446. The zero-order valence-corrected chi connectivity index (χ0v) is 11.7. The normalized spacial score (nSPS) is 9.85. The number of carbonyl (C=O) groups is 2. The standard InChI is InChI=1S/C15H20N2O3/c1-3-11-17(12-15(19)20-4-2)14(18)9-8-13-7-5-6-10-16-13/h3,5-7,10H,1,4,8-9,11-12H2,2H3. The van der Waals surface area contributed by atoms with Crippen LogP contribution in [0, 0.1) is 0 Å². The molecular weight excluding hydrogens is 256 g/mol. The van der Waals surface area contributed by atoms with E-state index in [0.717, 1.165) is 5.69 Å². The lowest BCUT2D eigenvalue weighted by Crippen LogP contribution is -2.36. The molecule has 108 valence electrons. The number of rotatable bonds is 8. The van der Waals surface area contributed by atoms with Crippen LogP contribution in [0.1, 0.15) is 19.0 Å². The fraction of sp³-hybridized carbons (Fsp3) is 0.400. The van der Waals surface area contributed by atoms with Crippen LogP contribution in [0.4, 0.5) is 0 Å². The van der Waals surface area contributed by atoms with E-state index in [0.29, 0.717) is 26.0 Å². The lowest BCUT2D eigenvalue weighted by Gasteiger charge is -2.19. The van der Waals surface area contributed by atoms with Crippen molar-refractivity contribution in [2.45, 2.75) is 19.8 Å². The largest absolute Gasteiger partial charge is 0.465 e. The van der Waals surface area contributed by atoms with Crippen LogP contribution in [0.2, 0.25) is 0 Å². The van der Waals surface area contributed by atoms with Gasteiger partial charge in [-0.05, 0) is 25.5 Å². The molecule has 5 heteroatoms. The summed E-state index contributed by atoms with van der Waals surface area (Å²) in [5.74, 6) is -0.510. The Kier molecular flexibility index (Phi) is 7.03. The predicted octanol–water partition coefficient (Wildman–Crippen LogP) is 1.59. The molecule has 20 heavy (non-hydrogen) atoms. The molecule has 0 aliphatic heterocycles. The first-order valence-electron chi connectivity index (χ1n) is 6.61. The van der Waals surface area contributed by atoms with Gasteiger partial charge < -0.3 is 9.64 Å². The third-order valence-electron chi connectivity index (χ3n) is 2.65. The molecule has 0 saturated carbocycles. The number of amides is 1. The summed E-state index contributed by atoms with van der Waals surface area (Å²) < 4.78 is 4.85. The van der Waals surface area contributed by atoms with Gasteiger partial charge in [0.2, 0.25) is 5.91 Å². The molecule has 0 fully saturated rings. The van der Waals surface area contributed by atoms with Gasteiger partial charge in [-0.1, -0.05) is 12.1 Å². The van der Waals surface area contributed by atoms with Gasteiger partial charge in [0.05, 0.1) is 6.61 Å². The summed E-state index contributed by atoms with van der Waals surface area (Å²) in [5.41, 5.74) is 0.857. The molecule has 0 aliphatic carbocycles. The van der Waals surface area contributed by atoms with Gasteiger partial charge >= 0.3 is 5.97 Å². The first kappa shape index (κ1) is 15.9. The molecule has 1 rings (SSSR count). The van der Waals surface area contributed by atoms with Crippen molar-refractivity contribution in [1.82, 2.24) is 9.88 Å². The van der Waals surface area contributed by atoms with E-state index in [1.807, 2.05) is 18.2 Å². The number of aromatic nitrogens is 1. The predicted molar refractivity (Wildman–Crippen MR) is 76.0 cm³/mol. The topological polar surface area (TPSA) is 59.5 Å².